The number of carbonyl (C=O) groups is 1. The molecule has 0 aromatic heterocycles. The van der Waals surface area contributed by atoms with E-state index in [1.807, 2.05) is 37.3 Å². The van der Waals surface area contributed by atoms with E-state index in [1.165, 1.54) is 0 Å². The summed E-state index contributed by atoms with van der Waals surface area (Å²) < 4.78 is 5.15. The van der Waals surface area contributed by atoms with Crippen LogP contribution in [0, 0.1) is 23.2 Å². The molecular weight excluding hydrogens is 326 g/mol. The SMILES string of the molecule is COc1ccc(C(C)NC(=O)/C(C#N)=C\N(CC(C)C)CC(C)C)cc1. The summed E-state index contributed by atoms with van der Waals surface area (Å²) in [5.74, 6) is 1.31. The van der Waals surface area contributed by atoms with Crippen LogP contribution in [0.5, 0.6) is 5.75 Å². The molecule has 5 nitrogen and oxygen atoms in total. The van der Waals surface area contributed by atoms with Crippen molar-refractivity contribution in [2.24, 2.45) is 11.8 Å². The molecule has 0 radical (unpaired) electrons. The molecule has 1 rings (SSSR count). The second-order valence-electron chi connectivity index (χ2n) is 7.36. The Morgan fingerprint density at radius 1 is 1.15 bits per heavy atom. The minimum absolute atomic E-state index is 0.131. The van der Waals surface area contributed by atoms with E-state index in [4.69, 9.17) is 4.74 Å². The van der Waals surface area contributed by atoms with Gasteiger partial charge in [0, 0.05) is 19.3 Å². The van der Waals surface area contributed by atoms with Gasteiger partial charge in [-0.15, -0.1) is 0 Å². The van der Waals surface area contributed by atoms with Gasteiger partial charge in [0.25, 0.3) is 5.91 Å². The molecule has 0 aliphatic heterocycles. The van der Waals surface area contributed by atoms with Crippen molar-refractivity contribution in [1.29, 1.82) is 5.26 Å². The topological polar surface area (TPSA) is 65.4 Å². The molecule has 1 aromatic carbocycles. The first-order valence-corrected chi connectivity index (χ1v) is 9.07. The molecule has 0 saturated heterocycles. The fourth-order valence-corrected chi connectivity index (χ4v) is 2.69. The molecule has 0 heterocycles. The third-order valence-corrected chi connectivity index (χ3v) is 3.84. The van der Waals surface area contributed by atoms with Crippen molar-refractivity contribution < 1.29 is 9.53 Å². The predicted molar refractivity (Wildman–Crippen MR) is 104 cm³/mol. The van der Waals surface area contributed by atoms with Crippen molar-refractivity contribution >= 4 is 5.91 Å². The standard InChI is InChI=1S/C21H31N3O2/c1-15(2)12-24(13-16(3)4)14-19(11-22)21(25)23-17(5)18-7-9-20(26-6)10-8-18/h7-10,14-17H,12-13H2,1-6H3,(H,23,25)/b19-14-. The highest BCUT2D eigenvalue weighted by Crippen LogP contribution is 2.17. The highest BCUT2D eigenvalue weighted by molar-refractivity contribution is 5.97. The molecule has 26 heavy (non-hydrogen) atoms. The molecule has 0 aliphatic rings. The highest BCUT2D eigenvalue weighted by atomic mass is 16.5. The first-order valence-electron chi connectivity index (χ1n) is 9.07. The van der Waals surface area contributed by atoms with Gasteiger partial charge < -0.3 is 15.0 Å². The second kappa shape index (κ2) is 10.5. The summed E-state index contributed by atoms with van der Waals surface area (Å²) in [5, 5.41) is 12.3. The quantitative estimate of drug-likeness (QED) is 0.538. The molecule has 1 unspecified atom stereocenters. The van der Waals surface area contributed by atoms with E-state index in [1.54, 1.807) is 13.3 Å². The van der Waals surface area contributed by atoms with Crippen LogP contribution in [-0.2, 0) is 4.79 Å². The second-order valence-corrected chi connectivity index (χ2v) is 7.36. The van der Waals surface area contributed by atoms with Gasteiger partial charge in [0.05, 0.1) is 13.2 Å². The van der Waals surface area contributed by atoms with E-state index < -0.39 is 0 Å². The van der Waals surface area contributed by atoms with Gasteiger partial charge in [-0.25, -0.2) is 0 Å². The summed E-state index contributed by atoms with van der Waals surface area (Å²) in [6, 6.07) is 9.36. The summed E-state index contributed by atoms with van der Waals surface area (Å²) in [7, 11) is 1.62. The Bertz CT molecular complexity index is 632. The normalized spacial score (nSPS) is 12.7. The number of methoxy groups -OCH3 is 1. The number of hydrogen-bond donors (Lipinski definition) is 1. The van der Waals surface area contributed by atoms with Crippen LogP contribution in [0.1, 0.15) is 46.2 Å². The van der Waals surface area contributed by atoms with E-state index in [2.05, 4.69) is 37.9 Å². The van der Waals surface area contributed by atoms with Gasteiger partial charge in [0.15, 0.2) is 0 Å². The van der Waals surface area contributed by atoms with Crippen LogP contribution in [-0.4, -0.2) is 31.0 Å². The Labute approximate surface area is 157 Å². The number of nitrogens with zero attached hydrogens (tertiary/aromatic N) is 2. The number of ether oxygens (including phenoxy) is 1. The zero-order chi connectivity index (χ0) is 19.7. The predicted octanol–water partition coefficient (Wildman–Crippen LogP) is 3.89. The van der Waals surface area contributed by atoms with Gasteiger partial charge in [-0.1, -0.05) is 39.8 Å². The molecule has 5 heteroatoms. The molecule has 0 spiro atoms. The summed E-state index contributed by atoms with van der Waals surface area (Å²) >= 11 is 0. The number of carbonyl (C=O) groups excluding carboxylic acids is 1. The van der Waals surface area contributed by atoms with E-state index in [9.17, 15) is 10.1 Å². The van der Waals surface area contributed by atoms with Crippen molar-refractivity contribution in [1.82, 2.24) is 10.2 Å². The molecule has 1 N–H and O–H groups in total. The number of nitrogens with one attached hydrogen (secondary N) is 1. The Morgan fingerprint density at radius 3 is 2.12 bits per heavy atom. The van der Waals surface area contributed by atoms with E-state index in [0.717, 1.165) is 24.4 Å². The van der Waals surface area contributed by atoms with Gasteiger partial charge in [-0.3, -0.25) is 4.79 Å². The number of benzene rings is 1. The van der Waals surface area contributed by atoms with Gasteiger partial charge in [-0.05, 0) is 36.5 Å². The molecule has 0 bridgehead atoms. The van der Waals surface area contributed by atoms with Crippen molar-refractivity contribution in [2.45, 2.75) is 40.7 Å². The van der Waals surface area contributed by atoms with Crippen LogP contribution in [0.2, 0.25) is 0 Å². The molecule has 0 fully saturated rings. The number of nitriles is 1. The first-order chi connectivity index (χ1) is 12.3. The van der Waals surface area contributed by atoms with Crippen molar-refractivity contribution in [3.05, 3.63) is 41.6 Å². The Morgan fingerprint density at radius 2 is 1.69 bits per heavy atom. The smallest absolute Gasteiger partial charge is 0.263 e. The first kappa shape index (κ1) is 21.6. The number of rotatable bonds is 9. The molecule has 0 saturated carbocycles. The lowest BCUT2D eigenvalue weighted by Gasteiger charge is -2.25. The fourth-order valence-electron chi connectivity index (χ4n) is 2.69. The van der Waals surface area contributed by atoms with Crippen molar-refractivity contribution in [2.75, 3.05) is 20.2 Å². The van der Waals surface area contributed by atoms with Crippen LogP contribution < -0.4 is 10.1 Å². The zero-order valence-electron chi connectivity index (χ0n) is 16.7. The third-order valence-electron chi connectivity index (χ3n) is 3.84. The fraction of sp³-hybridized carbons (Fsp3) is 0.524. The summed E-state index contributed by atoms with van der Waals surface area (Å²) in [6.07, 6.45) is 1.69. The largest absolute Gasteiger partial charge is 0.497 e. The molecule has 1 amide bonds. The molecule has 1 atom stereocenters. The number of hydrogen-bond acceptors (Lipinski definition) is 4. The maximum absolute atomic E-state index is 12.5. The van der Waals surface area contributed by atoms with Crippen molar-refractivity contribution in [3.8, 4) is 11.8 Å². The average molecular weight is 357 g/mol. The van der Waals surface area contributed by atoms with Crippen LogP contribution in [0.25, 0.3) is 0 Å². The number of amides is 1. The molecule has 142 valence electrons. The lowest BCUT2D eigenvalue weighted by molar-refractivity contribution is -0.117. The minimum Gasteiger partial charge on any atom is -0.497 e. The minimum atomic E-state index is -0.353. The summed E-state index contributed by atoms with van der Waals surface area (Å²) in [4.78, 5) is 14.6. The molecule has 0 aliphatic carbocycles. The maximum atomic E-state index is 12.5. The van der Waals surface area contributed by atoms with E-state index >= 15 is 0 Å². The Hall–Kier alpha value is -2.48. The van der Waals surface area contributed by atoms with Crippen LogP contribution in [0.4, 0.5) is 0 Å². The Balaban J connectivity index is 2.86. The van der Waals surface area contributed by atoms with Crippen molar-refractivity contribution in [3.63, 3.8) is 0 Å². The van der Waals surface area contributed by atoms with Gasteiger partial charge in [0.2, 0.25) is 0 Å². The lowest BCUT2D eigenvalue weighted by Crippen LogP contribution is -2.31. The molecule has 1 aromatic rings. The third kappa shape index (κ3) is 7.18. The molecular formula is C21H31N3O2. The summed E-state index contributed by atoms with van der Waals surface area (Å²) in [5.41, 5.74) is 1.09. The van der Waals surface area contributed by atoms with E-state index in [0.29, 0.717) is 11.8 Å². The highest BCUT2D eigenvalue weighted by Gasteiger charge is 2.16. The maximum Gasteiger partial charge on any atom is 0.263 e. The summed E-state index contributed by atoms with van der Waals surface area (Å²) in [6.45, 7) is 12.0. The zero-order valence-corrected chi connectivity index (χ0v) is 16.7. The van der Waals surface area contributed by atoms with Crippen LogP contribution in [0.15, 0.2) is 36.0 Å². The van der Waals surface area contributed by atoms with Crippen LogP contribution >= 0.6 is 0 Å². The van der Waals surface area contributed by atoms with Crippen LogP contribution in [0.3, 0.4) is 0 Å². The van der Waals surface area contributed by atoms with Gasteiger partial charge in [0.1, 0.15) is 17.4 Å². The Kier molecular flexibility index (Phi) is 8.71. The van der Waals surface area contributed by atoms with Gasteiger partial charge >= 0.3 is 0 Å². The monoisotopic (exact) mass is 357 g/mol. The average Bonchev–Trinajstić information content (AvgIpc) is 2.58. The van der Waals surface area contributed by atoms with E-state index in [-0.39, 0.29) is 17.5 Å². The van der Waals surface area contributed by atoms with Gasteiger partial charge in [-0.2, -0.15) is 5.26 Å². The lowest BCUT2D eigenvalue weighted by atomic mass is 10.1.